The summed E-state index contributed by atoms with van der Waals surface area (Å²) < 4.78 is 20.2. The molecule has 1 aromatic heterocycles. The molecule has 9 heteroatoms. The average Bonchev–Trinajstić information content (AvgIpc) is 3.13. The topological polar surface area (TPSA) is 113 Å². The second-order valence-corrected chi connectivity index (χ2v) is 5.61. The maximum atomic E-state index is 12.1. The maximum Gasteiger partial charge on any atom is 0.325 e. The third-order valence-corrected chi connectivity index (χ3v) is 3.40. The normalized spacial score (nSPS) is 10.5. The molecule has 2 aromatic rings. The molecule has 0 fully saturated rings. The Morgan fingerprint density at radius 3 is 2.54 bits per heavy atom. The summed E-state index contributed by atoms with van der Waals surface area (Å²) in [5.41, 5.74) is 0.328. The first kappa shape index (κ1) is 19.2. The molecular weight excluding hydrogens is 342 g/mol. The van der Waals surface area contributed by atoms with Crippen molar-refractivity contribution in [2.75, 3.05) is 20.8 Å². The predicted octanol–water partition coefficient (Wildman–Crippen LogP) is 1.68. The van der Waals surface area contributed by atoms with Crippen molar-refractivity contribution in [2.24, 2.45) is 0 Å². The standard InChI is InChI=1S/C17H21N3O6/c1-10(2)16-19-14(26-20-16)9-25-15(21)8-18-17(22)11-5-6-12(23-3)13(7-11)24-4/h5-7,10H,8-9H2,1-4H3,(H,18,22). The van der Waals surface area contributed by atoms with Crippen LogP contribution in [-0.2, 0) is 16.1 Å². The molecule has 0 aliphatic heterocycles. The molecule has 0 atom stereocenters. The van der Waals surface area contributed by atoms with Gasteiger partial charge in [0.25, 0.3) is 11.8 Å². The molecule has 0 aliphatic carbocycles. The van der Waals surface area contributed by atoms with Gasteiger partial charge in [-0.3, -0.25) is 9.59 Å². The van der Waals surface area contributed by atoms with Crippen molar-refractivity contribution in [2.45, 2.75) is 26.4 Å². The highest BCUT2D eigenvalue weighted by molar-refractivity contribution is 5.96. The lowest BCUT2D eigenvalue weighted by molar-refractivity contribution is -0.144. The van der Waals surface area contributed by atoms with Gasteiger partial charge in [-0.25, -0.2) is 0 Å². The zero-order valence-electron chi connectivity index (χ0n) is 15.1. The lowest BCUT2D eigenvalue weighted by atomic mass is 10.2. The van der Waals surface area contributed by atoms with E-state index in [-0.39, 0.29) is 25.0 Å². The quantitative estimate of drug-likeness (QED) is 0.705. The summed E-state index contributed by atoms with van der Waals surface area (Å²) in [6.07, 6.45) is 0. The molecular formula is C17H21N3O6. The number of methoxy groups -OCH3 is 2. The van der Waals surface area contributed by atoms with Gasteiger partial charge in [-0.05, 0) is 18.2 Å². The third kappa shape index (κ3) is 4.95. The molecule has 0 radical (unpaired) electrons. The van der Waals surface area contributed by atoms with E-state index >= 15 is 0 Å². The van der Waals surface area contributed by atoms with E-state index in [1.807, 2.05) is 13.8 Å². The van der Waals surface area contributed by atoms with E-state index in [1.54, 1.807) is 12.1 Å². The molecule has 1 amide bonds. The van der Waals surface area contributed by atoms with Gasteiger partial charge in [0.1, 0.15) is 6.54 Å². The molecule has 1 aromatic carbocycles. The highest BCUT2D eigenvalue weighted by atomic mass is 16.6. The van der Waals surface area contributed by atoms with Gasteiger partial charge < -0.3 is 24.1 Å². The molecule has 2 rings (SSSR count). The number of rotatable bonds is 8. The second kappa shape index (κ2) is 8.84. The van der Waals surface area contributed by atoms with Gasteiger partial charge in [0.05, 0.1) is 14.2 Å². The van der Waals surface area contributed by atoms with Crippen LogP contribution in [0.25, 0.3) is 0 Å². The second-order valence-electron chi connectivity index (χ2n) is 5.61. The molecule has 140 valence electrons. The van der Waals surface area contributed by atoms with E-state index in [0.717, 1.165) is 0 Å². The van der Waals surface area contributed by atoms with Crippen LogP contribution >= 0.6 is 0 Å². The summed E-state index contributed by atoms with van der Waals surface area (Å²) in [5.74, 6) is 0.713. The van der Waals surface area contributed by atoms with E-state index in [0.29, 0.717) is 22.9 Å². The average molecular weight is 363 g/mol. The maximum absolute atomic E-state index is 12.1. The Hall–Kier alpha value is -3.10. The Morgan fingerprint density at radius 1 is 1.19 bits per heavy atom. The summed E-state index contributed by atoms with van der Waals surface area (Å²) in [6.45, 7) is 3.40. The van der Waals surface area contributed by atoms with Gasteiger partial charge in [-0.2, -0.15) is 4.98 Å². The van der Waals surface area contributed by atoms with Crippen LogP contribution in [0.15, 0.2) is 22.7 Å². The Kier molecular flexibility index (Phi) is 6.54. The van der Waals surface area contributed by atoms with Crippen LogP contribution in [0.4, 0.5) is 0 Å². The van der Waals surface area contributed by atoms with E-state index in [9.17, 15) is 9.59 Å². The van der Waals surface area contributed by atoms with Gasteiger partial charge in [0.2, 0.25) is 0 Å². The smallest absolute Gasteiger partial charge is 0.325 e. The molecule has 0 aliphatic rings. The lowest BCUT2D eigenvalue weighted by Crippen LogP contribution is -2.30. The monoisotopic (exact) mass is 363 g/mol. The van der Waals surface area contributed by atoms with E-state index in [1.165, 1.54) is 20.3 Å². The minimum atomic E-state index is -0.622. The van der Waals surface area contributed by atoms with E-state index < -0.39 is 11.9 Å². The van der Waals surface area contributed by atoms with Crippen molar-refractivity contribution in [1.82, 2.24) is 15.5 Å². The Morgan fingerprint density at radius 2 is 1.92 bits per heavy atom. The SMILES string of the molecule is COc1ccc(C(=O)NCC(=O)OCc2nc(C(C)C)no2)cc1OC. The molecule has 9 nitrogen and oxygen atoms in total. The lowest BCUT2D eigenvalue weighted by Gasteiger charge is -2.09. The summed E-state index contributed by atoms with van der Waals surface area (Å²) in [6, 6.07) is 4.69. The third-order valence-electron chi connectivity index (χ3n) is 3.40. The molecule has 0 bridgehead atoms. The number of nitrogens with zero attached hydrogens (tertiary/aromatic N) is 2. The number of carbonyl (C=O) groups is 2. The molecule has 0 saturated carbocycles. The van der Waals surface area contributed by atoms with Gasteiger partial charge >= 0.3 is 5.97 Å². The van der Waals surface area contributed by atoms with Gasteiger partial charge in [-0.1, -0.05) is 19.0 Å². The first-order chi connectivity index (χ1) is 12.4. The Balaban J connectivity index is 1.83. The first-order valence-electron chi connectivity index (χ1n) is 7.93. The van der Waals surface area contributed by atoms with Crippen LogP contribution in [0.3, 0.4) is 0 Å². The fourth-order valence-electron chi connectivity index (χ4n) is 1.99. The van der Waals surface area contributed by atoms with Crippen molar-refractivity contribution >= 4 is 11.9 Å². The summed E-state index contributed by atoms with van der Waals surface area (Å²) in [5, 5.41) is 6.24. The van der Waals surface area contributed by atoms with E-state index in [4.69, 9.17) is 18.7 Å². The minimum absolute atomic E-state index is 0.115. The van der Waals surface area contributed by atoms with Crippen LogP contribution in [0, 0.1) is 0 Å². The number of carbonyl (C=O) groups excluding carboxylic acids is 2. The number of benzene rings is 1. The van der Waals surface area contributed by atoms with Crippen LogP contribution in [0.5, 0.6) is 11.5 Å². The number of hydrogen-bond acceptors (Lipinski definition) is 8. The minimum Gasteiger partial charge on any atom is -0.493 e. The van der Waals surface area contributed by atoms with Crippen LogP contribution < -0.4 is 14.8 Å². The largest absolute Gasteiger partial charge is 0.493 e. The summed E-state index contributed by atoms with van der Waals surface area (Å²) in [4.78, 5) is 28.0. The highest BCUT2D eigenvalue weighted by Crippen LogP contribution is 2.27. The number of nitrogens with one attached hydrogen (secondary N) is 1. The molecule has 0 unspecified atom stereocenters. The molecule has 1 heterocycles. The Labute approximate surface area is 150 Å². The van der Waals surface area contributed by atoms with Crippen LogP contribution in [0.1, 0.15) is 41.8 Å². The van der Waals surface area contributed by atoms with Crippen molar-refractivity contribution < 1.29 is 28.3 Å². The Bertz CT molecular complexity index is 772. The molecule has 0 spiro atoms. The zero-order valence-corrected chi connectivity index (χ0v) is 15.1. The van der Waals surface area contributed by atoms with Crippen LogP contribution in [-0.4, -0.2) is 42.8 Å². The number of esters is 1. The number of amides is 1. The zero-order chi connectivity index (χ0) is 19.1. The fraction of sp³-hybridized carbons (Fsp3) is 0.412. The first-order valence-corrected chi connectivity index (χ1v) is 7.93. The number of ether oxygens (including phenoxy) is 3. The molecule has 26 heavy (non-hydrogen) atoms. The van der Waals surface area contributed by atoms with Crippen molar-refractivity contribution in [3.8, 4) is 11.5 Å². The summed E-state index contributed by atoms with van der Waals surface area (Å²) in [7, 11) is 2.97. The molecule has 0 saturated heterocycles. The summed E-state index contributed by atoms with van der Waals surface area (Å²) >= 11 is 0. The fourth-order valence-corrected chi connectivity index (χ4v) is 1.99. The number of aromatic nitrogens is 2. The van der Waals surface area contributed by atoms with Crippen molar-refractivity contribution in [3.63, 3.8) is 0 Å². The van der Waals surface area contributed by atoms with Gasteiger partial charge in [0, 0.05) is 11.5 Å². The molecule has 1 N–H and O–H groups in total. The van der Waals surface area contributed by atoms with Crippen LogP contribution in [0.2, 0.25) is 0 Å². The van der Waals surface area contributed by atoms with Crippen molar-refractivity contribution in [3.05, 3.63) is 35.5 Å². The van der Waals surface area contributed by atoms with Crippen molar-refractivity contribution in [1.29, 1.82) is 0 Å². The van der Waals surface area contributed by atoms with Gasteiger partial charge in [0.15, 0.2) is 23.9 Å². The predicted molar refractivity (Wildman–Crippen MR) is 90.1 cm³/mol. The number of hydrogen-bond donors (Lipinski definition) is 1. The van der Waals surface area contributed by atoms with Gasteiger partial charge in [-0.15, -0.1) is 0 Å². The van der Waals surface area contributed by atoms with E-state index in [2.05, 4.69) is 15.5 Å². The highest BCUT2D eigenvalue weighted by Gasteiger charge is 2.14.